The summed E-state index contributed by atoms with van der Waals surface area (Å²) >= 11 is 5.57. The standard InChI is InChI=1S/C49H66N7O17S.O.Tc/c50-33(44(65)53-37(26-42(62)63)45(66)54-38(28-74)48(71)72)27-51-43(64)31(23-29-13-7-5-8-14-29)25-39(58)36(24-30-15-9-6-10-16-30)52-40(59)18-12-4-2-1-3-11-17-32(57)19-20-34(46(67)68)55-49(73)56-35(47(69)70)21-22-41(60)61;;/h5-10,13-16,31,33-38,50H,1-4,11-12,17-28H2,(H12,51,52,53,54,55,56,59,60,61,62,63,64,65,66,67,68,69,70,71,72,73,74);;/q-1;;+4/p-3/t31-,33+,34+,35+,36+,37+,38+;;/m1../s1/i;;1+1. The third-order valence-corrected chi connectivity index (χ3v) is 11.6. The maximum atomic E-state index is 14.1. The van der Waals surface area contributed by atoms with Crippen molar-refractivity contribution in [3.63, 3.8) is 0 Å². The number of carboxylic acid groups (broad SMARTS) is 5. The summed E-state index contributed by atoms with van der Waals surface area (Å²) in [5.41, 5.74) is 9.70. The van der Waals surface area contributed by atoms with Crippen LogP contribution in [0.2, 0.25) is 0 Å². The van der Waals surface area contributed by atoms with Crippen molar-refractivity contribution in [3.05, 3.63) is 88.2 Å². The number of rotatable bonds is 38. The van der Waals surface area contributed by atoms with Crippen molar-refractivity contribution in [1.29, 1.82) is 0 Å². The van der Waals surface area contributed by atoms with Gasteiger partial charge in [-0.3, -0.25) is 33.6 Å². The Kier molecular flexibility index (Phi) is 33.3. The van der Waals surface area contributed by atoms with Gasteiger partial charge in [-0.25, -0.2) is 14.4 Å². The Bertz CT molecular complexity index is 2260. The number of carbonyl (C=O) groups excluding carboxylic acids is 7. The number of aliphatic carboxylic acids is 5. The van der Waals surface area contributed by atoms with Crippen LogP contribution in [0, 0.1) is 5.92 Å². The number of ketones is 2. The van der Waals surface area contributed by atoms with Gasteiger partial charge in [0.15, 0.2) is 5.78 Å². The molecule has 0 bridgehead atoms. The van der Waals surface area contributed by atoms with Gasteiger partial charge in [-0.2, -0.15) is 5.75 Å². The second-order valence-electron chi connectivity index (χ2n) is 17.3. The number of carboxylic acids is 5. The van der Waals surface area contributed by atoms with Crippen LogP contribution in [0.5, 0.6) is 0 Å². The van der Waals surface area contributed by atoms with Crippen LogP contribution in [-0.4, -0.2) is 145 Å². The number of nitrogens with zero attached hydrogens (tertiary/aromatic N) is 2. The van der Waals surface area contributed by atoms with Gasteiger partial charge in [0.1, 0.15) is 17.9 Å². The molecule has 0 unspecified atom stereocenters. The van der Waals surface area contributed by atoms with Crippen molar-refractivity contribution in [3.8, 4) is 0 Å². The summed E-state index contributed by atoms with van der Waals surface area (Å²) in [5, 5.41) is 62.2. The molecule has 0 spiro atoms. The fourth-order valence-corrected chi connectivity index (χ4v) is 7.44. The molecule has 0 saturated heterocycles. The Morgan fingerprint density at radius 2 is 1.05 bits per heavy atom. The van der Waals surface area contributed by atoms with Crippen LogP contribution in [0.15, 0.2) is 60.7 Å². The van der Waals surface area contributed by atoms with Crippen molar-refractivity contribution in [2.45, 2.75) is 139 Å². The molecule has 415 valence electrons. The van der Waals surface area contributed by atoms with Crippen molar-refractivity contribution < 1.29 is 105 Å². The minimum absolute atomic E-state index is 0.0461. The Balaban J connectivity index is 0.0000143. The summed E-state index contributed by atoms with van der Waals surface area (Å²) in [7, 11) is 0. The molecule has 10 N–H and O–H groups in total. The molecule has 2 aromatic carbocycles. The molecule has 25 nitrogen and oxygen atoms in total. The number of benzene rings is 2. The van der Waals surface area contributed by atoms with Crippen LogP contribution < -0.4 is 21.3 Å². The van der Waals surface area contributed by atoms with E-state index in [4.69, 9.17) is 14.3 Å². The normalized spacial score (nSPS) is 13.4. The zero-order valence-corrected chi connectivity index (χ0v) is 43.9. The van der Waals surface area contributed by atoms with Crippen molar-refractivity contribution in [1.82, 2.24) is 21.3 Å². The zero-order chi connectivity index (χ0) is 57.2. The fourth-order valence-electron chi connectivity index (χ4n) is 7.22. The molecule has 76 heavy (non-hydrogen) atoms. The Hall–Kier alpha value is -6.96. The molecular formula is C49H63N7O18STc. The molecule has 27 heteroatoms. The third kappa shape index (κ3) is 28.6. The summed E-state index contributed by atoms with van der Waals surface area (Å²) in [6.45, 7) is -0.658. The maximum absolute atomic E-state index is 14.1. The monoisotopic (exact) mass is 1170 g/mol. The van der Waals surface area contributed by atoms with E-state index in [-0.39, 0.29) is 50.7 Å². The molecule has 2 aromatic rings. The molecule has 0 saturated carbocycles. The minimum atomic E-state index is -1.95. The topological polar surface area (TPSA) is 423 Å². The van der Waals surface area contributed by atoms with E-state index >= 15 is 0 Å². The summed E-state index contributed by atoms with van der Waals surface area (Å²) < 4.78 is 8.22. The van der Waals surface area contributed by atoms with Crippen LogP contribution in [0.1, 0.15) is 101 Å². The van der Waals surface area contributed by atoms with Crippen LogP contribution in [0.25, 0.3) is 16.4 Å². The quantitative estimate of drug-likeness (QED) is 0.0344. The number of urea groups is 1. The molecule has 0 fully saturated rings. The molecule has 0 radical (unpaired) electrons. The molecule has 0 aliphatic heterocycles. The molecule has 0 aromatic heterocycles. The van der Waals surface area contributed by atoms with Crippen LogP contribution in [-0.2, 0) is 101 Å². The average Bonchev–Trinajstić information content (AvgIpc) is 3.37. The summed E-state index contributed by atoms with van der Waals surface area (Å²) in [6, 6.07) is 6.80. The van der Waals surface area contributed by atoms with Gasteiger partial charge in [-0.05, 0) is 55.7 Å². The summed E-state index contributed by atoms with van der Waals surface area (Å²) in [5.74, 6) is -13.4. The first-order valence-electron chi connectivity index (χ1n) is 23.9. The Morgan fingerprint density at radius 3 is 1.55 bits per heavy atom. The van der Waals surface area contributed by atoms with Crippen LogP contribution >= 0.6 is 0 Å². The van der Waals surface area contributed by atoms with Gasteiger partial charge in [0.2, 0.25) is 11.8 Å². The van der Waals surface area contributed by atoms with Gasteiger partial charge < -0.3 is 85.4 Å². The molecule has 7 atom stereocenters. The van der Waals surface area contributed by atoms with Gasteiger partial charge in [-0.15, -0.1) is 0 Å². The van der Waals surface area contributed by atoms with Gasteiger partial charge in [0, 0.05) is 62.8 Å². The summed E-state index contributed by atoms with van der Waals surface area (Å²) in [6.07, 6.45) is 1.27. The third-order valence-electron chi connectivity index (χ3n) is 11.3. The van der Waals surface area contributed by atoms with E-state index < -0.39 is 139 Å². The zero-order valence-electron chi connectivity index (χ0n) is 41.3. The van der Waals surface area contributed by atoms with Crippen molar-refractivity contribution >= 4 is 83.7 Å². The fraction of sp³-hybridized carbons (Fsp3) is 0.510. The predicted molar refractivity (Wildman–Crippen MR) is 266 cm³/mol. The van der Waals surface area contributed by atoms with E-state index in [2.05, 4.69) is 39.2 Å². The van der Waals surface area contributed by atoms with E-state index in [1.807, 2.05) is 5.32 Å². The molecule has 6 amide bonds. The summed E-state index contributed by atoms with van der Waals surface area (Å²) in [4.78, 5) is 148. The number of hydrogen-bond acceptors (Lipinski definition) is 14. The number of Topliss-reactive ketones (excluding diaryl/α,β-unsaturated/α-hetero) is 2. The molecule has 0 aliphatic rings. The molecule has 0 heterocycles. The van der Waals surface area contributed by atoms with Crippen molar-refractivity contribution in [2.24, 2.45) is 5.92 Å². The Labute approximate surface area is 453 Å². The van der Waals surface area contributed by atoms with Crippen molar-refractivity contribution in [2.75, 3.05) is 12.3 Å². The predicted octanol–water partition coefficient (Wildman–Crippen LogP) is 3.13. The van der Waals surface area contributed by atoms with E-state index in [0.717, 1.165) is 30.8 Å². The second-order valence-corrected chi connectivity index (χ2v) is 17.6. The first kappa shape index (κ1) is 67.1. The van der Waals surface area contributed by atoms with Crippen LogP contribution in [0.4, 0.5) is 4.79 Å². The van der Waals surface area contributed by atoms with E-state index in [0.29, 0.717) is 37.7 Å². The number of amides is 6. The SMILES string of the molecule is [NH-][C@@H](CNC(=O)[C@@H](CC(=O)[C@H](Cc1ccccc1)NC(=O)CCCCCCCCC(=O)CC[C@H](NC(=O)N[C@@H](CCC(=O)O)C(=O)O)C(=O)O)Cc1ccccc1)C(=O)[N-][C@@H](CC(=O)O)C(=O)[N-][C@@H](C[S-])C(=O)O.[O]=[99Tc+4]. The number of carbonyl (C=O) groups is 12. The van der Waals surface area contributed by atoms with E-state index in [1.54, 1.807) is 60.7 Å². The number of hydrogen-bond donors (Lipinski definition) is 9. The van der Waals surface area contributed by atoms with E-state index in [9.17, 15) is 78.0 Å². The first-order valence-corrected chi connectivity index (χ1v) is 25.3. The first-order chi connectivity index (χ1) is 36.1. The number of unbranched alkanes of at least 4 members (excludes halogenated alkanes) is 5. The molecule has 2 rings (SSSR count). The molecular weight excluding hydrogens is 1110 g/mol. The second kappa shape index (κ2) is 37.7. The Morgan fingerprint density at radius 1 is 0.553 bits per heavy atom. The number of nitrogens with one attached hydrogen (secondary N) is 5. The molecule has 0 aliphatic carbocycles. The van der Waals surface area contributed by atoms with Gasteiger partial charge in [-0.1, -0.05) is 98.4 Å². The van der Waals surface area contributed by atoms with Gasteiger partial charge in [0.25, 0.3) is 5.97 Å². The average molecular weight is 1170 g/mol. The van der Waals surface area contributed by atoms with E-state index in [1.165, 1.54) is 0 Å². The van der Waals surface area contributed by atoms with Gasteiger partial charge in [0.05, 0.1) is 6.04 Å². The van der Waals surface area contributed by atoms with Crippen LogP contribution in [0.3, 0.4) is 0 Å². The van der Waals surface area contributed by atoms with Gasteiger partial charge >= 0.3 is 52.3 Å².